The number of benzene rings is 2. The van der Waals surface area contributed by atoms with Gasteiger partial charge in [0.2, 0.25) is 6.10 Å². The molecule has 0 aliphatic carbocycles. The molecule has 7 heteroatoms. The van der Waals surface area contributed by atoms with Crippen molar-refractivity contribution in [3.63, 3.8) is 0 Å². The van der Waals surface area contributed by atoms with E-state index in [2.05, 4.69) is 30.5 Å². The Labute approximate surface area is 193 Å². The van der Waals surface area contributed by atoms with E-state index in [1.807, 2.05) is 42.5 Å². The Kier molecular flexibility index (Phi) is 5.54. The molecule has 2 aliphatic heterocycles. The van der Waals surface area contributed by atoms with Crippen LogP contribution in [0.15, 0.2) is 60.7 Å². The molecule has 2 aliphatic rings. The van der Waals surface area contributed by atoms with Crippen LogP contribution >= 0.6 is 0 Å². The Balaban J connectivity index is 1.19. The number of aromatic nitrogens is 1. The lowest BCUT2D eigenvalue weighted by Gasteiger charge is -2.37. The first-order valence-corrected chi connectivity index (χ1v) is 11.2. The van der Waals surface area contributed by atoms with E-state index in [9.17, 15) is 9.59 Å². The molecular weight excluding hydrogens is 418 g/mol. The molecule has 0 N–H and O–H groups in total. The normalized spacial score (nSPS) is 17.7. The van der Waals surface area contributed by atoms with Crippen LogP contribution in [-0.4, -0.2) is 65.1 Å². The predicted octanol–water partition coefficient (Wildman–Crippen LogP) is 3.22. The summed E-state index contributed by atoms with van der Waals surface area (Å²) in [7, 11) is 0. The summed E-state index contributed by atoms with van der Waals surface area (Å²) in [6, 6.07) is 19.2. The highest BCUT2D eigenvalue weighted by Gasteiger charge is 2.33. The number of carbonyl (C=O) groups excluding carboxylic acids is 2. The molecule has 0 bridgehead atoms. The molecule has 0 spiro atoms. The molecule has 7 nitrogen and oxygen atoms in total. The maximum absolute atomic E-state index is 13.0. The van der Waals surface area contributed by atoms with Gasteiger partial charge in [-0.3, -0.25) is 9.59 Å². The summed E-state index contributed by atoms with van der Waals surface area (Å²) in [5.41, 5.74) is 4.01. The highest BCUT2D eigenvalue weighted by Crippen LogP contribution is 2.31. The van der Waals surface area contributed by atoms with Gasteiger partial charge >= 0.3 is 0 Å². The minimum absolute atomic E-state index is 0.0132. The monoisotopic (exact) mass is 445 g/mol. The Bertz CT molecular complexity index is 1160. The van der Waals surface area contributed by atoms with Crippen molar-refractivity contribution in [1.82, 2.24) is 14.4 Å². The average molecular weight is 446 g/mol. The maximum atomic E-state index is 13.0. The van der Waals surface area contributed by atoms with Gasteiger partial charge in [-0.05, 0) is 62.4 Å². The third-order valence-corrected chi connectivity index (χ3v) is 6.31. The Morgan fingerprint density at radius 2 is 1.39 bits per heavy atom. The van der Waals surface area contributed by atoms with E-state index >= 15 is 0 Å². The van der Waals surface area contributed by atoms with Crippen molar-refractivity contribution in [2.45, 2.75) is 20.0 Å². The summed E-state index contributed by atoms with van der Waals surface area (Å²) >= 11 is 0. The molecule has 3 aromatic rings. The minimum atomic E-state index is -0.657. The highest BCUT2D eigenvalue weighted by molar-refractivity contribution is 5.94. The highest BCUT2D eigenvalue weighted by atomic mass is 16.6. The van der Waals surface area contributed by atoms with E-state index in [0.717, 1.165) is 17.1 Å². The van der Waals surface area contributed by atoms with Crippen LogP contribution in [0.4, 0.5) is 0 Å². The van der Waals surface area contributed by atoms with E-state index in [-0.39, 0.29) is 18.4 Å². The first kappa shape index (κ1) is 21.1. The third kappa shape index (κ3) is 4.06. The quantitative estimate of drug-likeness (QED) is 0.621. The summed E-state index contributed by atoms with van der Waals surface area (Å²) in [5.74, 6) is 1.13. The van der Waals surface area contributed by atoms with Crippen molar-refractivity contribution in [2.75, 3.05) is 32.8 Å². The summed E-state index contributed by atoms with van der Waals surface area (Å²) in [4.78, 5) is 29.5. The molecule has 1 saturated heterocycles. The van der Waals surface area contributed by atoms with Crippen molar-refractivity contribution in [3.05, 3.63) is 77.6 Å². The maximum Gasteiger partial charge on any atom is 0.267 e. The standard InChI is InChI=1S/C26H27N3O4/c1-18-7-8-19(2)29(18)21-11-9-20(10-12-21)25(30)27-13-15-28(16-14-27)26(31)24-17-32-22-5-3-4-6-23(22)33-24/h3-12,24H,13-17H2,1-2H3/t24-/m1/s1. The zero-order valence-corrected chi connectivity index (χ0v) is 18.9. The molecule has 5 rings (SSSR count). The van der Waals surface area contributed by atoms with Crippen LogP contribution in [0.1, 0.15) is 21.7 Å². The number of hydrogen-bond donors (Lipinski definition) is 0. The van der Waals surface area contributed by atoms with Crippen LogP contribution < -0.4 is 9.47 Å². The molecule has 2 aromatic carbocycles. The van der Waals surface area contributed by atoms with Gasteiger partial charge in [-0.2, -0.15) is 0 Å². The Morgan fingerprint density at radius 1 is 0.788 bits per heavy atom. The van der Waals surface area contributed by atoms with Gasteiger partial charge in [0.05, 0.1) is 0 Å². The fraction of sp³-hybridized carbons (Fsp3) is 0.308. The van der Waals surface area contributed by atoms with Crippen LogP contribution in [0.25, 0.3) is 5.69 Å². The molecule has 33 heavy (non-hydrogen) atoms. The largest absolute Gasteiger partial charge is 0.485 e. The van der Waals surface area contributed by atoms with Crippen molar-refractivity contribution in [3.8, 4) is 17.2 Å². The number of ether oxygens (including phenoxy) is 2. The smallest absolute Gasteiger partial charge is 0.267 e. The number of hydrogen-bond acceptors (Lipinski definition) is 4. The number of fused-ring (bicyclic) bond motifs is 1. The molecule has 3 heterocycles. The van der Waals surface area contributed by atoms with Crippen LogP contribution in [0.5, 0.6) is 11.5 Å². The molecule has 170 valence electrons. The molecule has 2 amide bonds. The predicted molar refractivity (Wildman–Crippen MR) is 124 cm³/mol. The number of nitrogens with zero attached hydrogens (tertiary/aromatic N) is 3. The van der Waals surface area contributed by atoms with Crippen LogP contribution in [0.2, 0.25) is 0 Å². The first-order valence-electron chi connectivity index (χ1n) is 11.2. The lowest BCUT2D eigenvalue weighted by atomic mass is 10.1. The van der Waals surface area contributed by atoms with Gasteiger partial charge in [0.1, 0.15) is 6.61 Å². The minimum Gasteiger partial charge on any atom is -0.485 e. The second kappa shape index (κ2) is 8.65. The van der Waals surface area contributed by atoms with Crippen LogP contribution in [0, 0.1) is 13.8 Å². The van der Waals surface area contributed by atoms with Gasteiger partial charge in [-0.1, -0.05) is 12.1 Å². The van der Waals surface area contributed by atoms with Crippen LogP contribution in [0.3, 0.4) is 0 Å². The van der Waals surface area contributed by atoms with E-state index < -0.39 is 6.10 Å². The molecule has 1 fully saturated rings. The number of carbonyl (C=O) groups is 2. The Morgan fingerprint density at radius 3 is 2.06 bits per heavy atom. The van der Waals surface area contributed by atoms with Crippen molar-refractivity contribution < 1.29 is 19.1 Å². The fourth-order valence-corrected chi connectivity index (χ4v) is 4.49. The summed E-state index contributed by atoms with van der Waals surface area (Å²) < 4.78 is 13.7. The number of rotatable bonds is 3. The van der Waals surface area contributed by atoms with E-state index in [1.54, 1.807) is 15.9 Å². The van der Waals surface area contributed by atoms with Gasteiger partial charge in [0.25, 0.3) is 11.8 Å². The van der Waals surface area contributed by atoms with E-state index in [4.69, 9.17) is 9.47 Å². The molecule has 0 radical (unpaired) electrons. The second-order valence-electron chi connectivity index (χ2n) is 8.48. The Hall–Kier alpha value is -3.74. The van der Waals surface area contributed by atoms with E-state index in [0.29, 0.717) is 43.2 Å². The molecule has 1 atom stereocenters. The van der Waals surface area contributed by atoms with Crippen molar-refractivity contribution in [2.24, 2.45) is 0 Å². The molecule has 1 aromatic heterocycles. The SMILES string of the molecule is Cc1ccc(C)n1-c1ccc(C(=O)N2CCN(C(=O)[C@H]3COc4ccccc4O3)CC2)cc1. The fourth-order valence-electron chi connectivity index (χ4n) is 4.49. The van der Waals surface area contributed by atoms with Gasteiger partial charge in [-0.25, -0.2) is 0 Å². The molecule has 0 unspecified atom stereocenters. The zero-order chi connectivity index (χ0) is 22.9. The molecule has 0 saturated carbocycles. The summed E-state index contributed by atoms with van der Waals surface area (Å²) in [5, 5.41) is 0. The number of aryl methyl sites for hydroxylation is 2. The average Bonchev–Trinajstić information content (AvgIpc) is 3.20. The lowest BCUT2D eigenvalue weighted by Crippen LogP contribution is -2.55. The molecular formula is C26H27N3O4. The number of piperazine rings is 1. The van der Waals surface area contributed by atoms with Crippen molar-refractivity contribution >= 4 is 11.8 Å². The third-order valence-electron chi connectivity index (χ3n) is 6.31. The van der Waals surface area contributed by atoms with Gasteiger partial charge in [0.15, 0.2) is 11.5 Å². The van der Waals surface area contributed by atoms with Crippen LogP contribution in [-0.2, 0) is 4.79 Å². The number of para-hydroxylation sites is 2. The topological polar surface area (TPSA) is 64.0 Å². The van der Waals surface area contributed by atoms with Crippen molar-refractivity contribution in [1.29, 1.82) is 0 Å². The summed E-state index contributed by atoms with van der Waals surface area (Å²) in [6.45, 7) is 6.27. The van der Waals surface area contributed by atoms with Gasteiger partial charge in [0, 0.05) is 48.8 Å². The van der Waals surface area contributed by atoms with Gasteiger partial charge in [-0.15, -0.1) is 0 Å². The first-order chi connectivity index (χ1) is 16.0. The van der Waals surface area contributed by atoms with E-state index in [1.165, 1.54) is 0 Å². The number of amides is 2. The lowest BCUT2D eigenvalue weighted by molar-refractivity contribution is -0.142. The van der Waals surface area contributed by atoms with Gasteiger partial charge < -0.3 is 23.8 Å². The second-order valence-corrected chi connectivity index (χ2v) is 8.48. The zero-order valence-electron chi connectivity index (χ0n) is 18.9. The summed E-state index contributed by atoms with van der Waals surface area (Å²) in [6.07, 6.45) is -0.657.